The van der Waals surface area contributed by atoms with Crippen LogP contribution >= 0.6 is 0 Å². The van der Waals surface area contributed by atoms with Crippen LogP contribution < -0.4 is 4.74 Å². The Morgan fingerprint density at radius 1 is 1.12 bits per heavy atom. The lowest BCUT2D eigenvalue weighted by molar-refractivity contribution is -0.137. The maximum absolute atomic E-state index is 13.9. The number of nitriles is 2. The summed E-state index contributed by atoms with van der Waals surface area (Å²) in [6, 6.07) is 8.65. The first-order valence-corrected chi connectivity index (χ1v) is 10.6. The number of sulfonamides is 1. The number of benzene rings is 2. The molecule has 2 aromatic rings. The van der Waals surface area contributed by atoms with Crippen molar-refractivity contribution in [3.63, 3.8) is 0 Å². The van der Waals surface area contributed by atoms with E-state index in [9.17, 15) is 31.2 Å². The monoisotopic (exact) mass is 465 g/mol. The zero-order valence-electron chi connectivity index (χ0n) is 16.5. The van der Waals surface area contributed by atoms with Crippen LogP contribution in [0.5, 0.6) is 5.75 Å². The quantitative estimate of drug-likeness (QED) is 0.503. The predicted molar refractivity (Wildman–Crippen MR) is 104 cm³/mol. The lowest BCUT2D eigenvalue weighted by atomic mass is 10.1. The molecule has 1 fully saturated rings. The van der Waals surface area contributed by atoms with Gasteiger partial charge in [-0.05, 0) is 42.8 Å². The number of hydrogen-bond acceptors (Lipinski definition) is 5. The van der Waals surface area contributed by atoms with Crippen molar-refractivity contribution in [2.45, 2.75) is 24.1 Å². The van der Waals surface area contributed by atoms with Gasteiger partial charge in [0.05, 0.1) is 28.1 Å². The Morgan fingerprint density at radius 3 is 2.38 bits per heavy atom. The van der Waals surface area contributed by atoms with Crippen LogP contribution in [0.3, 0.4) is 0 Å². The molecule has 11 heteroatoms. The molecule has 0 radical (unpaired) electrons. The zero-order valence-corrected chi connectivity index (χ0v) is 17.3. The molecule has 1 atom stereocenters. The molecular formula is C21H15F4N3O3S. The van der Waals surface area contributed by atoms with Gasteiger partial charge in [-0.3, -0.25) is 0 Å². The Labute approximate surface area is 181 Å². The minimum absolute atomic E-state index is 0.0809. The lowest BCUT2D eigenvalue weighted by Crippen LogP contribution is -2.31. The predicted octanol–water partition coefficient (Wildman–Crippen LogP) is 3.99. The Morgan fingerprint density at radius 2 is 1.81 bits per heavy atom. The van der Waals surface area contributed by atoms with E-state index < -0.39 is 44.1 Å². The highest BCUT2D eigenvalue weighted by Gasteiger charge is 2.39. The Kier molecular flexibility index (Phi) is 6.26. The van der Waals surface area contributed by atoms with E-state index in [-0.39, 0.29) is 24.4 Å². The highest BCUT2D eigenvalue weighted by atomic mass is 32.2. The third kappa shape index (κ3) is 4.44. The van der Waals surface area contributed by atoms with E-state index in [1.165, 1.54) is 18.2 Å². The molecule has 1 saturated heterocycles. The molecule has 0 amide bonds. The molecule has 166 valence electrons. The number of ether oxygens (including phenoxy) is 1. The fraction of sp³-hybridized carbons (Fsp3) is 0.238. The number of halogens is 4. The van der Waals surface area contributed by atoms with Gasteiger partial charge in [-0.2, -0.15) is 28.0 Å². The SMILES string of the molecule is C/C=C1\CN(S(=O)(=O)c2ccc(C(F)(F)F)cc2C#N)C[C@@H]1Oc1ccc(C#N)c(F)c1. The van der Waals surface area contributed by atoms with Crippen molar-refractivity contribution in [1.82, 2.24) is 4.31 Å². The second-order valence-corrected chi connectivity index (χ2v) is 8.75. The molecular weight excluding hydrogens is 450 g/mol. The van der Waals surface area contributed by atoms with Crippen molar-refractivity contribution in [3.8, 4) is 17.9 Å². The minimum atomic E-state index is -4.73. The van der Waals surface area contributed by atoms with Gasteiger partial charge in [0, 0.05) is 12.6 Å². The second-order valence-electron chi connectivity index (χ2n) is 6.84. The van der Waals surface area contributed by atoms with Crippen LogP contribution in [-0.2, 0) is 16.2 Å². The molecule has 0 spiro atoms. The summed E-state index contributed by atoms with van der Waals surface area (Å²) in [6.45, 7) is 1.34. The molecule has 6 nitrogen and oxygen atoms in total. The first-order chi connectivity index (χ1) is 15.0. The van der Waals surface area contributed by atoms with Crippen LogP contribution in [0.25, 0.3) is 0 Å². The molecule has 0 bridgehead atoms. The van der Waals surface area contributed by atoms with Gasteiger partial charge in [0.25, 0.3) is 0 Å². The average Bonchev–Trinajstić information content (AvgIpc) is 3.16. The number of alkyl halides is 3. The van der Waals surface area contributed by atoms with E-state index in [1.807, 2.05) is 0 Å². The van der Waals surface area contributed by atoms with Crippen molar-refractivity contribution in [1.29, 1.82) is 10.5 Å². The van der Waals surface area contributed by atoms with Gasteiger partial charge in [0.2, 0.25) is 10.0 Å². The maximum atomic E-state index is 13.9. The summed E-state index contributed by atoms with van der Waals surface area (Å²) in [7, 11) is -4.33. The summed E-state index contributed by atoms with van der Waals surface area (Å²) in [5.74, 6) is -0.713. The van der Waals surface area contributed by atoms with Crippen molar-refractivity contribution >= 4 is 10.0 Å². The van der Waals surface area contributed by atoms with Crippen molar-refractivity contribution in [3.05, 3.63) is 70.6 Å². The standard InChI is InChI=1S/C21H15F4N3O3S/c1-2-13-11-28(12-19(13)31-17-5-3-14(9-26)18(22)8-17)32(29,30)20-6-4-16(21(23,24)25)7-15(20)10-27/h2-8,19H,11-12H2,1H3/b13-2+/t19-/m0/s1. The smallest absolute Gasteiger partial charge is 0.416 e. The molecule has 2 aromatic carbocycles. The number of rotatable bonds is 4. The van der Waals surface area contributed by atoms with Gasteiger partial charge in [-0.25, -0.2) is 12.8 Å². The van der Waals surface area contributed by atoms with Gasteiger partial charge >= 0.3 is 6.18 Å². The van der Waals surface area contributed by atoms with E-state index in [2.05, 4.69) is 0 Å². The summed E-state index contributed by atoms with van der Waals surface area (Å²) in [4.78, 5) is -0.548. The van der Waals surface area contributed by atoms with Crippen LogP contribution in [0.1, 0.15) is 23.6 Å². The second kappa shape index (κ2) is 8.61. The topological polar surface area (TPSA) is 94.2 Å². The molecule has 32 heavy (non-hydrogen) atoms. The molecule has 1 aliphatic heterocycles. The number of hydrogen-bond donors (Lipinski definition) is 0. The van der Waals surface area contributed by atoms with E-state index in [1.54, 1.807) is 19.1 Å². The van der Waals surface area contributed by atoms with Crippen LogP contribution in [0.4, 0.5) is 17.6 Å². The van der Waals surface area contributed by atoms with Gasteiger partial charge in [-0.1, -0.05) is 6.08 Å². The summed E-state index contributed by atoms with van der Waals surface area (Å²) in [6.07, 6.45) is -3.89. The van der Waals surface area contributed by atoms with Crippen LogP contribution in [0, 0.1) is 28.5 Å². The fourth-order valence-electron chi connectivity index (χ4n) is 3.23. The lowest BCUT2D eigenvalue weighted by Gasteiger charge is -2.18. The molecule has 0 aromatic heterocycles. The minimum Gasteiger partial charge on any atom is -0.485 e. The number of nitrogens with zero attached hydrogens (tertiary/aromatic N) is 3. The molecule has 0 aliphatic carbocycles. The normalized spacial score (nSPS) is 18.3. The summed E-state index contributed by atoms with van der Waals surface area (Å²) < 4.78 is 85.5. The molecule has 1 aliphatic rings. The van der Waals surface area contributed by atoms with E-state index >= 15 is 0 Å². The van der Waals surface area contributed by atoms with Gasteiger partial charge in [0.15, 0.2) is 0 Å². The molecule has 0 unspecified atom stereocenters. The molecule has 0 N–H and O–H groups in total. The van der Waals surface area contributed by atoms with Crippen molar-refractivity contribution in [2.24, 2.45) is 0 Å². The highest BCUT2D eigenvalue weighted by molar-refractivity contribution is 7.89. The van der Waals surface area contributed by atoms with E-state index in [0.29, 0.717) is 17.7 Å². The first kappa shape index (κ1) is 23.3. The molecule has 3 rings (SSSR count). The van der Waals surface area contributed by atoms with Crippen LogP contribution in [0.2, 0.25) is 0 Å². The third-order valence-corrected chi connectivity index (χ3v) is 6.77. The Bertz CT molecular complexity index is 1270. The Hall–Kier alpha value is -3.41. The summed E-state index contributed by atoms with van der Waals surface area (Å²) in [5, 5.41) is 18.0. The van der Waals surface area contributed by atoms with Gasteiger partial charge in [0.1, 0.15) is 29.8 Å². The summed E-state index contributed by atoms with van der Waals surface area (Å²) >= 11 is 0. The molecule has 0 saturated carbocycles. The summed E-state index contributed by atoms with van der Waals surface area (Å²) in [5.41, 5.74) is -1.39. The fourth-order valence-corrected chi connectivity index (χ4v) is 4.78. The van der Waals surface area contributed by atoms with Crippen LogP contribution in [-0.4, -0.2) is 31.9 Å². The zero-order chi connectivity index (χ0) is 23.7. The van der Waals surface area contributed by atoms with Gasteiger partial charge < -0.3 is 4.74 Å². The number of allylic oxidation sites excluding steroid dienone is 1. The van der Waals surface area contributed by atoms with Crippen molar-refractivity contribution in [2.75, 3.05) is 13.1 Å². The van der Waals surface area contributed by atoms with Gasteiger partial charge in [-0.15, -0.1) is 0 Å². The van der Waals surface area contributed by atoms with E-state index in [0.717, 1.165) is 16.4 Å². The van der Waals surface area contributed by atoms with Crippen LogP contribution in [0.15, 0.2) is 52.9 Å². The Balaban J connectivity index is 1.90. The first-order valence-electron chi connectivity index (χ1n) is 9.14. The molecule has 1 heterocycles. The largest absolute Gasteiger partial charge is 0.485 e. The highest BCUT2D eigenvalue weighted by Crippen LogP contribution is 2.34. The third-order valence-electron chi connectivity index (χ3n) is 4.90. The average molecular weight is 465 g/mol. The van der Waals surface area contributed by atoms with E-state index in [4.69, 9.17) is 10.00 Å². The van der Waals surface area contributed by atoms with Crippen molar-refractivity contribution < 1.29 is 30.7 Å². The maximum Gasteiger partial charge on any atom is 0.416 e.